The minimum atomic E-state index is -3.84. The van der Waals surface area contributed by atoms with Crippen LogP contribution in [0.3, 0.4) is 0 Å². The molecule has 2 fully saturated rings. The summed E-state index contributed by atoms with van der Waals surface area (Å²) in [6.07, 6.45) is 4.93. The summed E-state index contributed by atoms with van der Waals surface area (Å²) in [5, 5.41) is 1.23. The lowest BCUT2D eigenvalue weighted by molar-refractivity contribution is -0.135. The minimum Gasteiger partial charge on any atom is -0.361 e. The van der Waals surface area contributed by atoms with Gasteiger partial charge in [-0.25, -0.2) is 12.8 Å². The highest BCUT2D eigenvalue weighted by molar-refractivity contribution is 7.89. The van der Waals surface area contributed by atoms with Gasteiger partial charge >= 0.3 is 0 Å². The van der Waals surface area contributed by atoms with Gasteiger partial charge in [0.1, 0.15) is 11.9 Å². The molecule has 1 atom stereocenters. The molecule has 3 aromatic rings. The molecule has 0 unspecified atom stereocenters. The first-order valence-electron chi connectivity index (χ1n) is 11.1. The quantitative estimate of drug-likeness (QED) is 0.649. The van der Waals surface area contributed by atoms with Crippen molar-refractivity contribution in [1.82, 2.24) is 14.2 Å². The fraction of sp³-hybridized carbons (Fsp3) is 0.375. The number of piperidine rings is 1. The first kappa shape index (κ1) is 21.2. The summed E-state index contributed by atoms with van der Waals surface area (Å²) in [5.41, 5.74) is 2.41. The van der Waals surface area contributed by atoms with Crippen molar-refractivity contribution >= 4 is 26.8 Å². The number of aromatic amines is 1. The molecule has 0 spiro atoms. The zero-order valence-electron chi connectivity index (χ0n) is 17.7. The summed E-state index contributed by atoms with van der Waals surface area (Å²) >= 11 is 0. The van der Waals surface area contributed by atoms with Crippen molar-refractivity contribution in [2.45, 2.75) is 42.5 Å². The number of hydrogen-bond donors (Lipinski definition) is 1. The number of nitrogens with zero attached hydrogens (tertiary/aromatic N) is 2. The number of halogens is 1. The van der Waals surface area contributed by atoms with Gasteiger partial charge in [0.05, 0.1) is 4.90 Å². The lowest BCUT2D eigenvalue weighted by atomic mass is 9.89. The Labute approximate surface area is 187 Å². The van der Waals surface area contributed by atoms with E-state index in [1.165, 1.54) is 27.4 Å². The molecule has 6 nitrogen and oxygen atoms in total. The van der Waals surface area contributed by atoms with Crippen molar-refractivity contribution in [3.05, 3.63) is 66.1 Å². The van der Waals surface area contributed by atoms with Crippen molar-refractivity contribution in [1.29, 1.82) is 0 Å². The Morgan fingerprint density at radius 3 is 2.44 bits per heavy atom. The number of nitrogens with one attached hydrogen (secondary N) is 1. The van der Waals surface area contributed by atoms with E-state index in [4.69, 9.17) is 0 Å². The van der Waals surface area contributed by atoms with E-state index in [2.05, 4.69) is 23.3 Å². The molecule has 0 bridgehead atoms. The van der Waals surface area contributed by atoms with Crippen LogP contribution in [-0.4, -0.2) is 54.2 Å². The third-order valence-electron chi connectivity index (χ3n) is 6.78. The average molecular weight is 456 g/mol. The number of amides is 1. The fourth-order valence-electron chi connectivity index (χ4n) is 5.07. The van der Waals surface area contributed by atoms with Gasteiger partial charge in [-0.15, -0.1) is 0 Å². The second-order valence-corrected chi connectivity index (χ2v) is 10.5. The van der Waals surface area contributed by atoms with Crippen LogP contribution in [0.5, 0.6) is 0 Å². The number of carbonyl (C=O) groups is 1. The molecule has 1 N–H and O–H groups in total. The minimum absolute atomic E-state index is 0.0247. The van der Waals surface area contributed by atoms with Gasteiger partial charge in [-0.05, 0) is 67.5 Å². The van der Waals surface area contributed by atoms with Crippen LogP contribution in [0.4, 0.5) is 4.39 Å². The average Bonchev–Trinajstić information content (AvgIpc) is 3.47. The maximum absolute atomic E-state index is 13.3. The number of hydrogen-bond acceptors (Lipinski definition) is 3. The van der Waals surface area contributed by atoms with Gasteiger partial charge in [0.25, 0.3) is 0 Å². The van der Waals surface area contributed by atoms with Crippen LogP contribution in [0, 0.1) is 5.82 Å². The molecule has 0 saturated carbocycles. The summed E-state index contributed by atoms with van der Waals surface area (Å²) in [5.74, 6) is -0.237. The molecule has 2 aliphatic heterocycles. The Balaban J connectivity index is 1.29. The fourth-order valence-corrected chi connectivity index (χ4v) is 6.72. The lowest BCUT2D eigenvalue weighted by Gasteiger charge is -2.35. The van der Waals surface area contributed by atoms with Crippen molar-refractivity contribution in [2.75, 3.05) is 19.6 Å². The summed E-state index contributed by atoms with van der Waals surface area (Å²) in [7, 11) is -3.84. The molecule has 2 aliphatic rings. The van der Waals surface area contributed by atoms with Crippen LogP contribution in [0.1, 0.15) is 37.2 Å². The highest BCUT2D eigenvalue weighted by Crippen LogP contribution is 2.34. The normalized spacial score (nSPS) is 20.8. The molecular formula is C24H26FN3O3S. The molecule has 5 rings (SSSR count). The van der Waals surface area contributed by atoms with Crippen molar-refractivity contribution in [2.24, 2.45) is 0 Å². The van der Waals surface area contributed by atoms with E-state index in [1.54, 1.807) is 0 Å². The second kappa shape index (κ2) is 8.33. The smallest absolute Gasteiger partial charge is 0.243 e. The van der Waals surface area contributed by atoms with E-state index in [-0.39, 0.29) is 10.8 Å². The standard InChI is InChI=1S/C24H26FN3O3S/c25-18-7-9-19(10-8-18)32(30,31)28-13-3-6-23(28)24(29)27-14-11-17(12-15-27)21-16-26-22-5-2-1-4-20(21)22/h1-2,4-5,7-10,16-17,23,26H,3,6,11-15H2/t23-/m1/s1. The summed E-state index contributed by atoms with van der Waals surface area (Å²) in [6, 6.07) is 12.3. The highest BCUT2D eigenvalue weighted by Gasteiger charge is 2.41. The monoisotopic (exact) mass is 455 g/mol. The summed E-state index contributed by atoms with van der Waals surface area (Å²) in [6.45, 7) is 1.54. The first-order valence-corrected chi connectivity index (χ1v) is 12.5. The molecule has 1 amide bonds. The maximum Gasteiger partial charge on any atom is 0.243 e. The summed E-state index contributed by atoms with van der Waals surface area (Å²) in [4.78, 5) is 18.5. The van der Waals surface area contributed by atoms with Crippen LogP contribution in [0.25, 0.3) is 10.9 Å². The van der Waals surface area contributed by atoms with Gasteiger partial charge < -0.3 is 9.88 Å². The zero-order valence-corrected chi connectivity index (χ0v) is 18.5. The van der Waals surface area contributed by atoms with Crippen LogP contribution in [0.2, 0.25) is 0 Å². The maximum atomic E-state index is 13.3. The Kier molecular flexibility index (Phi) is 5.51. The molecule has 0 radical (unpaired) electrons. The summed E-state index contributed by atoms with van der Waals surface area (Å²) < 4.78 is 40.8. The number of rotatable bonds is 4. The number of H-pyrrole nitrogens is 1. The van der Waals surface area contributed by atoms with E-state index in [1.807, 2.05) is 17.0 Å². The third-order valence-corrected chi connectivity index (χ3v) is 8.70. The Morgan fingerprint density at radius 2 is 1.69 bits per heavy atom. The molecule has 0 aliphatic carbocycles. The van der Waals surface area contributed by atoms with E-state index in [0.29, 0.717) is 38.4 Å². The molecule has 2 aromatic carbocycles. The Morgan fingerprint density at radius 1 is 0.969 bits per heavy atom. The number of aromatic nitrogens is 1. The van der Waals surface area contributed by atoms with Gasteiger partial charge in [0, 0.05) is 36.7 Å². The van der Waals surface area contributed by atoms with E-state index in [9.17, 15) is 17.6 Å². The number of benzene rings is 2. The number of para-hydroxylation sites is 1. The number of sulfonamides is 1. The first-order chi connectivity index (χ1) is 15.4. The van der Waals surface area contributed by atoms with Crippen LogP contribution in [0.15, 0.2) is 59.6 Å². The molecule has 1 aromatic heterocycles. The van der Waals surface area contributed by atoms with Crippen molar-refractivity contribution < 1.29 is 17.6 Å². The van der Waals surface area contributed by atoms with Crippen LogP contribution < -0.4 is 0 Å². The predicted octanol–water partition coefficient (Wildman–Crippen LogP) is 3.87. The SMILES string of the molecule is O=C([C@H]1CCCN1S(=O)(=O)c1ccc(F)cc1)N1CCC(c2c[nH]c3ccccc23)CC1. The van der Waals surface area contributed by atoms with Gasteiger partial charge in [-0.3, -0.25) is 4.79 Å². The van der Waals surface area contributed by atoms with Gasteiger partial charge in [0.15, 0.2) is 0 Å². The number of fused-ring (bicyclic) bond motifs is 1. The highest BCUT2D eigenvalue weighted by atomic mass is 32.2. The van der Waals surface area contributed by atoms with E-state index < -0.39 is 21.9 Å². The zero-order chi connectivity index (χ0) is 22.3. The van der Waals surface area contributed by atoms with Crippen LogP contribution >= 0.6 is 0 Å². The Bertz CT molecular complexity index is 1230. The van der Waals surface area contributed by atoms with E-state index in [0.717, 1.165) is 30.5 Å². The largest absolute Gasteiger partial charge is 0.361 e. The molecule has 8 heteroatoms. The molecular weight excluding hydrogens is 429 g/mol. The van der Waals surface area contributed by atoms with Crippen molar-refractivity contribution in [3.8, 4) is 0 Å². The molecule has 168 valence electrons. The second-order valence-electron chi connectivity index (χ2n) is 8.62. The van der Waals surface area contributed by atoms with E-state index >= 15 is 0 Å². The topological polar surface area (TPSA) is 73.5 Å². The molecule has 3 heterocycles. The lowest BCUT2D eigenvalue weighted by Crippen LogP contribution is -2.49. The van der Waals surface area contributed by atoms with Gasteiger partial charge in [0.2, 0.25) is 15.9 Å². The van der Waals surface area contributed by atoms with Gasteiger partial charge in [-0.1, -0.05) is 18.2 Å². The van der Waals surface area contributed by atoms with Crippen molar-refractivity contribution in [3.63, 3.8) is 0 Å². The predicted molar refractivity (Wildman–Crippen MR) is 120 cm³/mol. The van der Waals surface area contributed by atoms with Crippen LogP contribution in [-0.2, 0) is 14.8 Å². The third kappa shape index (κ3) is 3.71. The molecule has 2 saturated heterocycles. The van der Waals surface area contributed by atoms with Gasteiger partial charge in [-0.2, -0.15) is 4.31 Å². The number of likely N-dealkylation sites (tertiary alicyclic amines) is 1. The molecule has 32 heavy (non-hydrogen) atoms. The Hall–Kier alpha value is -2.71. The number of carbonyl (C=O) groups excluding carboxylic acids is 1.